The molecule has 0 saturated carbocycles. The normalized spacial score (nSPS) is 12.3. The van der Waals surface area contributed by atoms with E-state index in [1.807, 2.05) is 0 Å². The van der Waals surface area contributed by atoms with Gasteiger partial charge in [0.1, 0.15) is 11.5 Å². The number of ether oxygens (including phenoxy) is 2. The Kier molecular flexibility index (Phi) is 5.78. The van der Waals surface area contributed by atoms with Gasteiger partial charge in [-0.3, -0.25) is 9.59 Å². The second kappa shape index (κ2) is 8.24. The molecule has 0 bridgehead atoms. The zero-order valence-corrected chi connectivity index (χ0v) is 16.2. The van der Waals surface area contributed by atoms with Crippen LogP contribution in [0, 0.1) is 0 Å². The highest BCUT2D eigenvalue weighted by Crippen LogP contribution is 2.22. The molecule has 0 unspecified atom stereocenters. The molecule has 27 heavy (non-hydrogen) atoms. The standard InChI is InChI=1S/C20H16ClNO4S/c1-25-13-7-12(8-14(10-13)26-2)9-18-20(24)22-19(27-18)11-17(23)15-5-3-4-6-16(15)21/h3-11H,1-2H3,(H,22,24)/b18-9-,19-11-. The molecule has 138 valence electrons. The van der Waals surface area contributed by atoms with Crippen LogP contribution in [0.4, 0.5) is 0 Å². The van der Waals surface area contributed by atoms with Gasteiger partial charge in [-0.1, -0.05) is 23.7 Å². The minimum atomic E-state index is -0.278. The number of aromatic amines is 1. The van der Waals surface area contributed by atoms with Gasteiger partial charge in [0, 0.05) is 17.7 Å². The second-order valence-electron chi connectivity index (χ2n) is 5.56. The number of hydrogen-bond donors (Lipinski definition) is 1. The van der Waals surface area contributed by atoms with Crippen molar-refractivity contribution in [2.45, 2.75) is 0 Å². The molecule has 1 heterocycles. The summed E-state index contributed by atoms with van der Waals surface area (Å²) in [5, 5.41) is 0.368. The first-order chi connectivity index (χ1) is 13.0. The van der Waals surface area contributed by atoms with Crippen LogP contribution in [0.3, 0.4) is 0 Å². The largest absolute Gasteiger partial charge is 0.497 e. The maximum Gasteiger partial charge on any atom is 0.266 e. The van der Waals surface area contributed by atoms with Gasteiger partial charge in [-0.25, -0.2) is 0 Å². The van der Waals surface area contributed by atoms with Crippen molar-refractivity contribution in [2.75, 3.05) is 14.2 Å². The van der Waals surface area contributed by atoms with Crippen LogP contribution in [0.5, 0.6) is 11.5 Å². The highest BCUT2D eigenvalue weighted by Gasteiger charge is 2.07. The predicted molar refractivity (Wildman–Crippen MR) is 108 cm³/mol. The average molecular weight is 402 g/mol. The van der Waals surface area contributed by atoms with E-state index in [2.05, 4.69) is 4.98 Å². The fraction of sp³-hybridized carbons (Fsp3) is 0.100. The van der Waals surface area contributed by atoms with E-state index in [-0.39, 0.29) is 11.3 Å². The lowest BCUT2D eigenvalue weighted by atomic mass is 10.1. The number of thiazole rings is 1. The van der Waals surface area contributed by atoms with Crippen molar-refractivity contribution in [3.8, 4) is 11.5 Å². The molecule has 2 aromatic carbocycles. The Balaban J connectivity index is 2.02. The van der Waals surface area contributed by atoms with E-state index in [0.717, 1.165) is 5.56 Å². The van der Waals surface area contributed by atoms with Crippen LogP contribution < -0.4 is 24.2 Å². The smallest absolute Gasteiger partial charge is 0.266 e. The quantitative estimate of drug-likeness (QED) is 0.667. The van der Waals surface area contributed by atoms with E-state index in [0.29, 0.717) is 31.3 Å². The molecular weight excluding hydrogens is 386 g/mol. The second-order valence-corrected chi connectivity index (χ2v) is 7.05. The zero-order valence-electron chi connectivity index (χ0n) is 14.6. The molecule has 0 radical (unpaired) electrons. The maximum absolute atomic E-state index is 12.4. The molecule has 0 aliphatic heterocycles. The third-order valence-electron chi connectivity index (χ3n) is 3.75. The summed E-state index contributed by atoms with van der Waals surface area (Å²) in [6.07, 6.45) is 3.09. The van der Waals surface area contributed by atoms with E-state index in [1.54, 1.807) is 62.8 Å². The van der Waals surface area contributed by atoms with Gasteiger partial charge in [0.25, 0.3) is 5.56 Å². The van der Waals surface area contributed by atoms with Gasteiger partial charge < -0.3 is 14.5 Å². The molecule has 0 amide bonds. The van der Waals surface area contributed by atoms with Gasteiger partial charge in [0.2, 0.25) is 0 Å². The van der Waals surface area contributed by atoms with Crippen molar-refractivity contribution in [3.05, 3.63) is 78.2 Å². The minimum Gasteiger partial charge on any atom is -0.497 e. The summed E-state index contributed by atoms with van der Waals surface area (Å²) in [7, 11) is 3.12. The predicted octanol–water partition coefficient (Wildman–Crippen LogP) is 2.60. The Morgan fingerprint density at radius 2 is 1.78 bits per heavy atom. The number of carbonyl (C=O) groups excluding carboxylic acids is 1. The number of rotatable bonds is 5. The van der Waals surface area contributed by atoms with Gasteiger partial charge in [-0.15, -0.1) is 11.3 Å². The van der Waals surface area contributed by atoms with Gasteiger partial charge in [-0.2, -0.15) is 0 Å². The average Bonchev–Trinajstić information content (AvgIpc) is 3.00. The Hall–Kier alpha value is -2.83. The number of H-pyrrole nitrogens is 1. The minimum absolute atomic E-state index is 0.271. The van der Waals surface area contributed by atoms with Crippen molar-refractivity contribution in [2.24, 2.45) is 0 Å². The summed E-state index contributed by atoms with van der Waals surface area (Å²) in [5.41, 5.74) is 0.860. The van der Waals surface area contributed by atoms with Gasteiger partial charge >= 0.3 is 0 Å². The first-order valence-corrected chi connectivity index (χ1v) is 9.14. The number of ketones is 1. The number of carbonyl (C=O) groups is 1. The first kappa shape index (κ1) is 18.9. The molecule has 0 atom stereocenters. The highest BCUT2D eigenvalue weighted by molar-refractivity contribution is 7.07. The zero-order chi connectivity index (χ0) is 19.4. The fourth-order valence-corrected chi connectivity index (χ4v) is 3.56. The van der Waals surface area contributed by atoms with Crippen molar-refractivity contribution >= 4 is 40.9 Å². The Bertz CT molecular complexity index is 1140. The lowest BCUT2D eigenvalue weighted by molar-refractivity contribution is 0.106. The van der Waals surface area contributed by atoms with Gasteiger partial charge in [0.15, 0.2) is 5.78 Å². The highest BCUT2D eigenvalue weighted by atomic mass is 35.5. The molecule has 0 aliphatic carbocycles. The molecule has 0 saturated heterocycles. The molecule has 5 nitrogen and oxygen atoms in total. The molecule has 0 spiro atoms. The van der Waals surface area contributed by atoms with Crippen LogP contribution in [0.25, 0.3) is 12.2 Å². The van der Waals surface area contributed by atoms with Crippen LogP contribution in [0.1, 0.15) is 15.9 Å². The Morgan fingerprint density at radius 1 is 1.11 bits per heavy atom. The first-order valence-electron chi connectivity index (χ1n) is 7.94. The van der Waals surface area contributed by atoms with Gasteiger partial charge in [-0.05, 0) is 35.9 Å². The summed E-state index contributed by atoms with van der Waals surface area (Å²) in [6.45, 7) is 0. The van der Waals surface area contributed by atoms with Crippen LogP contribution in [-0.2, 0) is 0 Å². The summed E-state index contributed by atoms with van der Waals surface area (Å²) in [4.78, 5) is 27.3. The molecule has 3 rings (SSSR count). The van der Waals surface area contributed by atoms with E-state index in [9.17, 15) is 9.59 Å². The summed E-state index contributed by atoms with van der Waals surface area (Å²) in [5.74, 6) is 0.969. The summed E-state index contributed by atoms with van der Waals surface area (Å²) in [6, 6.07) is 12.1. The van der Waals surface area contributed by atoms with E-state index < -0.39 is 0 Å². The number of halogens is 1. The van der Waals surface area contributed by atoms with Crippen molar-refractivity contribution in [1.82, 2.24) is 4.98 Å². The Morgan fingerprint density at radius 3 is 2.41 bits per heavy atom. The lowest BCUT2D eigenvalue weighted by Crippen LogP contribution is -2.20. The molecule has 0 aliphatic rings. The number of Topliss-reactive ketones (excluding diaryl/α,β-unsaturated/α-hetero) is 1. The van der Waals surface area contributed by atoms with E-state index >= 15 is 0 Å². The van der Waals surface area contributed by atoms with Crippen molar-refractivity contribution in [1.29, 1.82) is 0 Å². The molecular formula is C20H16ClNO4S. The molecule has 0 fully saturated rings. The number of hydrogen-bond acceptors (Lipinski definition) is 5. The number of benzene rings is 2. The maximum atomic E-state index is 12.4. The summed E-state index contributed by atoms with van der Waals surface area (Å²) >= 11 is 7.23. The van der Waals surface area contributed by atoms with Crippen molar-refractivity contribution < 1.29 is 14.3 Å². The third kappa shape index (κ3) is 4.48. The number of methoxy groups -OCH3 is 2. The number of aromatic nitrogens is 1. The Labute approximate surface area is 164 Å². The monoisotopic (exact) mass is 401 g/mol. The molecule has 1 aromatic heterocycles. The fourth-order valence-electron chi connectivity index (χ4n) is 2.45. The topological polar surface area (TPSA) is 68.4 Å². The van der Waals surface area contributed by atoms with Crippen LogP contribution in [0.2, 0.25) is 5.02 Å². The van der Waals surface area contributed by atoms with E-state index in [4.69, 9.17) is 21.1 Å². The summed E-state index contributed by atoms with van der Waals surface area (Å²) < 4.78 is 11.4. The van der Waals surface area contributed by atoms with Crippen LogP contribution >= 0.6 is 22.9 Å². The van der Waals surface area contributed by atoms with Crippen LogP contribution in [0.15, 0.2) is 47.3 Å². The molecule has 7 heteroatoms. The van der Waals surface area contributed by atoms with E-state index in [1.165, 1.54) is 17.4 Å². The molecule has 3 aromatic rings. The third-order valence-corrected chi connectivity index (χ3v) is 5.05. The number of nitrogens with one attached hydrogen (secondary N) is 1. The lowest BCUT2D eigenvalue weighted by Gasteiger charge is -2.05. The SMILES string of the molecule is COc1cc(/C=c2\s/c(=C\C(=O)c3ccccc3Cl)[nH]c2=O)cc(OC)c1. The van der Waals surface area contributed by atoms with Crippen molar-refractivity contribution in [3.63, 3.8) is 0 Å². The van der Waals surface area contributed by atoms with Gasteiger partial charge in [0.05, 0.1) is 28.4 Å². The molecule has 1 N–H and O–H groups in total. The van der Waals surface area contributed by atoms with Crippen LogP contribution in [-0.4, -0.2) is 25.0 Å².